The number of methoxy groups -OCH3 is 1. The van der Waals surface area contributed by atoms with Gasteiger partial charge in [-0.15, -0.1) is 0 Å². The fourth-order valence-electron chi connectivity index (χ4n) is 4.31. The van der Waals surface area contributed by atoms with Crippen LogP contribution in [0.3, 0.4) is 0 Å². The molecule has 1 N–H and O–H groups in total. The second-order valence-electron chi connectivity index (χ2n) is 7.78. The Labute approximate surface area is 179 Å². The molecule has 2 aromatic carbocycles. The summed E-state index contributed by atoms with van der Waals surface area (Å²) in [5, 5.41) is 2.62. The topological polar surface area (TPSA) is 79.0 Å². The second-order valence-corrected chi connectivity index (χ2v) is 7.78. The Morgan fingerprint density at radius 2 is 1.84 bits per heavy atom. The summed E-state index contributed by atoms with van der Waals surface area (Å²) in [5.74, 6) is -0.738. The highest BCUT2D eigenvalue weighted by Crippen LogP contribution is 2.34. The van der Waals surface area contributed by atoms with Gasteiger partial charge in [0, 0.05) is 11.7 Å². The SMILES string of the molecule is COc1ccc(N2C(=O)[C@H](CC(=O)Nc3cccc(F)c3)N(C3CCCC3)C2=O)cc1. The third-order valence-electron chi connectivity index (χ3n) is 5.79. The normalized spacial score (nSPS) is 19.2. The van der Waals surface area contributed by atoms with E-state index in [1.165, 1.54) is 25.3 Å². The summed E-state index contributed by atoms with van der Waals surface area (Å²) >= 11 is 0. The zero-order valence-electron chi connectivity index (χ0n) is 17.2. The van der Waals surface area contributed by atoms with Gasteiger partial charge in [0.05, 0.1) is 19.2 Å². The Bertz CT molecular complexity index is 989. The Morgan fingerprint density at radius 1 is 1.13 bits per heavy atom. The van der Waals surface area contributed by atoms with E-state index in [2.05, 4.69) is 5.32 Å². The van der Waals surface area contributed by atoms with Crippen LogP contribution in [0.4, 0.5) is 20.6 Å². The molecule has 1 aliphatic heterocycles. The molecular formula is C23H24FN3O4. The summed E-state index contributed by atoms with van der Waals surface area (Å²) in [7, 11) is 1.54. The highest BCUT2D eigenvalue weighted by Gasteiger charge is 2.49. The van der Waals surface area contributed by atoms with E-state index < -0.39 is 29.7 Å². The van der Waals surface area contributed by atoms with Crippen LogP contribution in [0.2, 0.25) is 0 Å². The third kappa shape index (κ3) is 4.23. The number of rotatable bonds is 6. The molecule has 162 valence electrons. The van der Waals surface area contributed by atoms with Crippen LogP contribution in [0.15, 0.2) is 48.5 Å². The van der Waals surface area contributed by atoms with Crippen LogP contribution in [0.5, 0.6) is 5.75 Å². The first kappa shape index (κ1) is 20.8. The van der Waals surface area contributed by atoms with E-state index in [1.54, 1.807) is 35.2 Å². The van der Waals surface area contributed by atoms with E-state index in [1.807, 2.05) is 0 Å². The molecule has 2 fully saturated rings. The average Bonchev–Trinajstić information content (AvgIpc) is 3.35. The molecule has 31 heavy (non-hydrogen) atoms. The van der Waals surface area contributed by atoms with Crippen LogP contribution in [-0.2, 0) is 9.59 Å². The van der Waals surface area contributed by atoms with E-state index in [0.29, 0.717) is 17.1 Å². The third-order valence-corrected chi connectivity index (χ3v) is 5.79. The molecule has 1 saturated heterocycles. The molecule has 0 unspecified atom stereocenters. The lowest BCUT2D eigenvalue weighted by molar-refractivity contribution is -0.124. The Morgan fingerprint density at radius 3 is 2.48 bits per heavy atom. The number of nitrogens with zero attached hydrogens (tertiary/aromatic N) is 2. The van der Waals surface area contributed by atoms with Crippen molar-refractivity contribution in [3.63, 3.8) is 0 Å². The molecule has 0 spiro atoms. The van der Waals surface area contributed by atoms with Gasteiger partial charge in [-0.1, -0.05) is 18.9 Å². The van der Waals surface area contributed by atoms with E-state index in [9.17, 15) is 18.8 Å². The largest absolute Gasteiger partial charge is 0.497 e. The first-order valence-corrected chi connectivity index (χ1v) is 10.3. The van der Waals surface area contributed by atoms with E-state index in [0.717, 1.165) is 30.6 Å². The second kappa shape index (κ2) is 8.75. The van der Waals surface area contributed by atoms with E-state index in [-0.39, 0.29) is 12.5 Å². The molecule has 1 heterocycles. The highest BCUT2D eigenvalue weighted by atomic mass is 19.1. The highest BCUT2D eigenvalue weighted by molar-refractivity contribution is 6.22. The molecule has 4 rings (SSSR count). The van der Waals surface area contributed by atoms with Crippen molar-refractivity contribution in [2.75, 3.05) is 17.3 Å². The molecule has 0 bridgehead atoms. The number of hydrogen-bond acceptors (Lipinski definition) is 4. The van der Waals surface area contributed by atoms with Gasteiger partial charge in [-0.25, -0.2) is 14.1 Å². The van der Waals surface area contributed by atoms with Gasteiger partial charge in [-0.05, 0) is 55.3 Å². The Hall–Kier alpha value is -3.42. The van der Waals surface area contributed by atoms with Crippen LogP contribution < -0.4 is 15.0 Å². The van der Waals surface area contributed by atoms with Crippen molar-refractivity contribution in [3.05, 3.63) is 54.3 Å². The van der Waals surface area contributed by atoms with Crippen LogP contribution >= 0.6 is 0 Å². The number of urea groups is 1. The molecule has 0 aromatic heterocycles. The number of imide groups is 1. The maximum absolute atomic E-state index is 13.4. The van der Waals surface area contributed by atoms with Crippen molar-refractivity contribution in [2.24, 2.45) is 0 Å². The first-order valence-electron chi connectivity index (χ1n) is 10.3. The van der Waals surface area contributed by atoms with Crippen LogP contribution in [-0.4, -0.2) is 41.9 Å². The smallest absolute Gasteiger partial charge is 0.332 e. The molecule has 8 heteroatoms. The van der Waals surface area contributed by atoms with Gasteiger partial charge < -0.3 is 15.0 Å². The van der Waals surface area contributed by atoms with Crippen LogP contribution in [0.25, 0.3) is 0 Å². The van der Waals surface area contributed by atoms with Gasteiger partial charge in [0.1, 0.15) is 17.6 Å². The number of amides is 4. The van der Waals surface area contributed by atoms with Gasteiger partial charge in [0.2, 0.25) is 5.91 Å². The minimum atomic E-state index is -0.897. The summed E-state index contributed by atoms with van der Waals surface area (Å²) in [4.78, 5) is 41.9. The van der Waals surface area contributed by atoms with Gasteiger partial charge in [0.25, 0.3) is 5.91 Å². The molecule has 0 radical (unpaired) electrons. The lowest BCUT2D eigenvalue weighted by Crippen LogP contribution is -2.43. The summed E-state index contributed by atoms with van der Waals surface area (Å²) in [6.45, 7) is 0. The Kier molecular flexibility index (Phi) is 5.88. The van der Waals surface area contributed by atoms with E-state index in [4.69, 9.17) is 4.74 Å². The number of carbonyl (C=O) groups is 3. The summed E-state index contributed by atoms with van der Waals surface area (Å²) in [6.07, 6.45) is 3.37. The predicted octanol–water partition coefficient (Wildman–Crippen LogP) is 3.94. The minimum Gasteiger partial charge on any atom is -0.497 e. The predicted molar refractivity (Wildman–Crippen MR) is 113 cm³/mol. The maximum Gasteiger partial charge on any atom is 0.332 e. The molecule has 2 aromatic rings. The lowest BCUT2D eigenvalue weighted by atomic mass is 10.1. The number of ether oxygens (including phenoxy) is 1. The zero-order chi connectivity index (χ0) is 22.0. The number of benzene rings is 2. The zero-order valence-corrected chi connectivity index (χ0v) is 17.2. The molecule has 7 nitrogen and oxygen atoms in total. The average molecular weight is 425 g/mol. The van der Waals surface area contributed by atoms with Gasteiger partial charge in [-0.3, -0.25) is 9.59 Å². The number of hydrogen-bond donors (Lipinski definition) is 1. The molecular weight excluding hydrogens is 401 g/mol. The van der Waals surface area contributed by atoms with Gasteiger partial charge >= 0.3 is 6.03 Å². The minimum absolute atomic E-state index is 0.0772. The van der Waals surface area contributed by atoms with Crippen LogP contribution in [0.1, 0.15) is 32.1 Å². The fourth-order valence-corrected chi connectivity index (χ4v) is 4.31. The van der Waals surface area contributed by atoms with Gasteiger partial charge in [0.15, 0.2) is 0 Å². The number of halogens is 1. The molecule has 1 saturated carbocycles. The molecule has 4 amide bonds. The number of carbonyl (C=O) groups excluding carboxylic acids is 3. The molecule has 1 atom stereocenters. The standard InChI is InChI=1S/C23H24FN3O4/c1-31-19-11-9-18(10-12-19)27-22(29)20(26(23(27)30)17-7-2-3-8-17)14-21(28)25-16-6-4-5-15(24)13-16/h4-6,9-13,17,20H,2-3,7-8,14H2,1H3,(H,25,28)/t20-/m0/s1. The van der Waals surface area contributed by atoms with E-state index >= 15 is 0 Å². The van der Waals surface area contributed by atoms with Crippen molar-refractivity contribution >= 4 is 29.2 Å². The summed E-state index contributed by atoms with van der Waals surface area (Å²) < 4.78 is 18.6. The fraction of sp³-hybridized carbons (Fsp3) is 0.348. The molecule has 2 aliphatic rings. The number of nitrogens with one attached hydrogen (secondary N) is 1. The van der Waals surface area contributed by atoms with Crippen molar-refractivity contribution in [3.8, 4) is 5.75 Å². The monoisotopic (exact) mass is 425 g/mol. The first-order chi connectivity index (χ1) is 15.0. The van der Waals surface area contributed by atoms with Crippen molar-refractivity contribution in [1.82, 2.24) is 4.90 Å². The Balaban J connectivity index is 1.57. The maximum atomic E-state index is 13.4. The summed E-state index contributed by atoms with van der Waals surface area (Å²) in [5.41, 5.74) is 0.744. The number of anilines is 2. The lowest BCUT2D eigenvalue weighted by Gasteiger charge is -2.27. The van der Waals surface area contributed by atoms with Crippen LogP contribution in [0, 0.1) is 5.82 Å². The quantitative estimate of drug-likeness (QED) is 0.711. The molecule has 1 aliphatic carbocycles. The van der Waals surface area contributed by atoms with Crippen molar-refractivity contribution < 1.29 is 23.5 Å². The van der Waals surface area contributed by atoms with Gasteiger partial charge in [-0.2, -0.15) is 0 Å². The summed E-state index contributed by atoms with van der Waals surface area (Å²) in [6, 6.07) is 10.8. The van der Waals surface area contributed by atoms with Crippen molar-refractivity contribution in [2.45, 2.75) is 44.2 Å². The van der Waals surface area contributed by atoms with Crippen molar-refractivity contribution in [1.29, 1.82) is 0 Å².